The van der Waals surface area contributed by atoms with Gasteiger partial charge in [0.05, 0.1) is 5.75 Å². The Labute approximate surface area is 221 Å². The Kier molecular flexibility index (Phi) is 10.9. The smallest absolute Gasteiger partial charge is 0.243 e. The van der Waals surface area contributed by atoms with Crippen molar-refractivity contribution in [2.45, 2.75) is 69.8 Å². The van der Waals surface area contributed by atoms with E-state index in [1.807, 2.05) is 37.3 Å². The average Bonchev–Trinajstić information content (AvgIpc) is 2.82. The molecular weight excluding hydrogens is 511 g/mol. The number of nitrogens with one attached hydrogen (secondary N) is 1. The van der Waals surface area contributed by atoms with Gasteiger partial charge in [-0.25, -0.2) is 0 Å². The molecule has 1 aliphatic rings. The molecule has 0 aliphatic heterocycles. The van der Waals surface area contributed by atoms with E-state index in [1.54, 1.807) is 17.0 Å². The lowest BCUT2D eigenvalue weighted by atomic mass is 9.95. The van der Waals surface area contributed by atoms with Gasteiger partial charge in [-0.1, -0.05) is 79.2 Å². The molecule has 0 bridgehead atoms. The van der Waals surface area contributed by atoms with Crippen LogP contribution in [0.1, 0.15) is 56.6 Å². The Hall–Kier alpha value is -1.40. The van der Waals surface area contributed by atoms with Gasteiger partial charge < -0.3 is 10.2 Å². The molecule has 1 N–H and O–H groups in total. The molecule has 2 aromatic rings. The van der Waals surface area contributed by atoms with E-state index in [1.165, 1.54) is 18.2 Å². The third-order valence-corrected chi connectivity index (χ3v) is 7.93. The molecule has 0 heterocycles. The Morgan fingerprint density at radius 1 is 1.03 bits per heavy atom. The van der Waals surface area contributed by atoms with Crippen molar-refractivity contribution in [3.05, 3.63) is 68.7 Å². The van der Waals surface area contributed by atoms with Crippen molar-refractivity contribution >= 4 is 58.4 Å². The number of hydrogen-bond donors (Lipinski definition) is 1. The lowest BCUT2D eigenvalue weighted by Gasteiger charge is -2.33. The van der Waals surface area contributed by atoms with Crippen molar-refractivity contribution in [3.8, 4) is 0 Å². The molecule has 0 aromatic heterocycles. The van der Waals surface area contributed by atoms with Gasteiger partial charge in [0.2, 0.25) is 11.8 Å². The van der Waals surface area contributed by atoms with Crippen LogP contribution >= 0.6 is 46.6 Å². The Balaban J connectivity index is 1.72. The highest BCUT2D eigenvalue weighted by Crippen LogP contribution is 2.25. The molecule has 8 heteroatoms. The molecule has 34 heavy (non-hydrogen) atoms. The summed E-state index contributed by atoms with van der Waals surface area (Å²) in [5.74, 6) is 0.774. The summed E-state index contributed by atoms with van der Waals surface area (Å²) < 4.78 is 0. The van der Waals surface area contributed by atoms with Gasteiger partial charge in [-0.3, -0.25) is 9.59 Å². The topological polar surface area (TPSA) is 49.4 Å². The number of hydrogen-bond acceptors (Lipinski definition) is 3. The maximum atomic E-state index is 13.4. The molecule has 4 nitrogen and oxygen atoms in total. The van der Waals surface area contributed by atoms with Gasteiger partial charge in [-0.15, -0.1) is 11.8 Å². The van der Waals surface area contributed by atoms with Crippen LogP contribution in [0.2, 0.25) is 15.1 Å². The molecule has 0 spiro atoms. The third kappa shape index (κ3) is 8.08. The predicted molar refractivity (Wildman–Crippen MR) is 144 cm³/mol. The van der Waals surface area contributed by atoms with Crippen molar-refractivity contribution in [1.29, 1.82) is 0 Å². The minimum atomic E-state index is -0.558. The van der Waals surface area contributed by atoms with Crippen LogP contribution in [-0.2, 0) is 21.9 Å². The van der Waals surface area contributed by atoms with Crippen LogP contribution in [0, 0.1) is 0 Å². The first-order chi connectivity index (χ1) is 16.4. The molecule has 1 unspecified atom stereocenters. The highest BCUT2D eigenvalue weighted by molar-refractivity contribution is 7.99. The molecule has 1 aliphatic carbocycles. The monoisotopic (exact) mass is 540 g/mol. The Morgan fingerprint density at radius 2 is 1.71 bits per heavy atom. The lowest BCUT2D eigenvalue weighted by molar-refractivity contribution is -0.139. The number of rotatable bonds is 10. The molecule has 1 saturated carbocycles. The summed E-state index contributed by atoms with van der Waals surface area (Å²) in [6, 6.07) is 12.5. The zero-order valence-electron chi connectivity index (χ0n) is 19.4. The van der Waals surface area contributed by atoms with E-state index in [0.717, 1.165) is 36.8 Å². The van der Waals surface area contributed by atoms with Crippen LogP contribution in [0.4, 0.5) is 0 Å². The van der Waals surface area contributed by atoms with Crippen LogP contribution in [0.5, 0.6) is 0 Å². The van der Waals surface area contributed by atoms with Crippen LogP contribution in [0.15, 0.2) is 42.5 Å². The van der Waals surface area contributed by atoms with E-state index in [4.69, 9.17) is 34.8 Å². The fourth-order valence-electron chi connectivity index (χ4n) is 4.22. The molecule has 2 aromatic carbocycles. The zero-order chi connectivity index (χ0) is 24.5. The van der Waals surface area contributed by atoms with Gasteiger partial charge >= 0.3 is 0 Å². The normalized spacial score (nSPS) is 15.1. The van der Waals surface area contributed by atoms with E-state index in [0.29, 0.717) is 27.2 Å². The molecule has 1 atom stereocenters. The van der Waals surface area contributed by atoms with E-state index >= 15 is 0 Å². The predicted octanol–water partition coefficient (Wildman–Crippen LogP) is 7.14. The van der Waals surface area contributed by atoms with Gasteiger partial charge in [-0.2, -0.15) is 0 Å². The maximum Gasteiger partial charge on any atom is 0.243 e. The van der Waals surface area contributed by atoms with Crippen LogP contribution in [0.3, 0.4) is 0 Å². The highest BCUT2D eigenvalue weighted by Gasteiger charge is 2.30. The lowest BCUT2D eigenvalue weighted by Crippen LogP contribution is -2.52. The van der Waals surface area contributed by atoms with Crippen LogP contribution < -0.4 is 5.32 Å². The summed E-state index contributed by atoms with van der Waals surface area (Å²) in [6.07, 6.45) is 6.00. The van der Waals surface area contributed by atoms with Gasteiger partial charge in [0, 0.05) is 33.4 Å². The maximum absolute atomic E-state index is 13.4. The first-order valence-corrected chi connectivity index (χ1v) is 14.0. The van der Waals surface area contributed by atoms with Crippen molar-refractivity contribution in [2.75, 3.05) is 5.75 Å². The Bertz CT molecular complexity index is 965. The fraction of sp³-hybridized carbons (Fsp3) is 0.462. The second-order valence-electron chi connectivity index (χ2n) is 8.64. The van der Waals surface area contributed by atoms with E-state index in [9.17, 15) is 9.59 Å². The van der Waals surface area contributed by atoms with Gasteiger partial charge in [0.15, 0.2) is 0 Å². The average molecular weight is 542 g/mol. The summed E-state index contributed by atoms with van der Waals surface area (Å²) >= 11 is 20.0. The SMILES string of the molecule is CCC(C(=O)NC1CCCCC1)N(Cc1ccc(Cl)cc1Cl)C(=O)CSCc1ccc(Cl)cc1. The fourth-order valence-corrected chi connectivity index (χ4v) is 5.68. The number of carbonyl (C=O) groups excluding carboxylic acids is 2. The number of thioether (sulfide) groups is 1. The van der Waals surface area contributed by atoms with E-state index in [2.05, 4.69) is 5.32 Å². The van der Waals surface area contributed by atoms with Crippen molar-refractivity contribution in [2.24, 2.45) is 0 Å². The molecule has 0 radical (unpaired) electrons. The van der Waals surface area contributed by atoms with Crippen molar-refractivity contribution in [3.63, 3.8) is 0 Å². The Morgan fingerprint density at radius 3 is 2.35 bits per heavy atom. The molecule has 184 valence electrons. The molecule has 1 fully saturated rings. The van der Waals surface area contributed by atoms with Gasteiger partial charge in [0.1, 0.15) is 6.04 Å². The minimum absolute atomic E-state index is 0.0874. The van der Waals surface area contributed by atoms with Crippen LogP contribution in [0.25, 0.3) is 0 Å². The summed E-state index contributed by atoms with van der Waals surface area (Å²) in [5, 5.41) is 4.90. The zero-order valence-corrected chi connectivity index (χ0v) is 22.5. The summed E-state index contributed by atoms with van der Waals surface area (Å²) in [5.41, 5.74) is 1.86. The first-order valence-electron chi connectivity index (χ1n) is 11.7. The van der Waals surface area contributed by atoms with Gasteiger partial charge in [0.25, 0.3) is 0 Å². The minimum Gasteiger partial charge on any atom is -0.352 e. The summed E-state index contributed by atoms with van der Waals surface area (Å²) in [6.45, 7) is 2.20. The molecule has 3 rings (SSSR count). The van der Waals surface area contributed by atoms with Crippen molar-refractivity contribution in [1.82, 2.24) is 10.2 Å². The first kappa shape index (κ1) is 27.2. The summed E-state index contributed by atoms with van der Waals surface area (Å²) in [7, 11) is 0. The van der Waals surface area contributed by atoms with E-state index in [-0.39, 0.29) is 30.2 Å². The highest BCUT2D eigenvalue weighted by atomic mass is 35.5. The standard InChI is InChI=1S/C26H31Cl3N2O2S/c1-2-24(26(33)30-22-6-4-3-5-7-22)31(15-19-10-13-21(28)14-23(19)29)25(32)17-34-16-18-8-11-20(27)12-9-18/h8-14,22,24H,2-7,15-17H2,1H3,(H,30,33). The number of carbonyl (C=O) groups is 2. The number of benzene rings is 2. The third-order valence-electron chi connectivity index (χ3n) is 6.10. The summed E-state index contributed by atoms with van der Waals surface area (Å²) in [4.78, 5) is 28.3. The second-order valence-corrected chi connectivity index (χ2v) is 10.9. The van der Waals surface area contributed by atoms with Gasteiger partial charge in [-0.05, 0) is 54.7 Å². The van der Waals surface area contributed by atoms with Crippen LogP contribution in [-0.4, -0.2) is 34.6 Å². The number of nitrogens with zero attached hydrogens (tertiary/aromatic N) is 1. The second kappa shape index (κ2) is 13.6. The van der Waals surface area contributed by atoms with Crippen molar-refractivity contribution < 1.29 is 9.59 Å². The largest absolute Gasteiger partial charge is 0.352 e. The van der Waals surface area contributed by atoms with E-state index < -0.39 is 6.04 Å². The molecule has 0 saturated heterocycles. The number of amides is 2. The quantitative estimate of drug-likeness (QED) is 0.348. The molecular formula is C26H31Cl3N2O2S. The molecule has 2 amide bonds. The number of halogens is 3.